The quantitative estimate of drug-likeness (QED) is 0.0281. The molecule has 0 bridgehead atoms. The number of quaternary nitrogens is 1. The topological polar surface area (TPSA) is 99.1 Å². The number of rotatable bonds is 48. The molecule has 0 aromatic rings. The van der Waals surface area contributed by atoms with Crippen molar-refractivity contribution in [3.63, 3.8) is 0 Å². The minimum absolute atomic E-state index is 0.0448. The Hall–Kier alpha value is -4.27. The van der Waals surface area contributed by atoms with Gasteiger partial charge in [-0.3, -0.25) is 9.59 Å². The Morgan fingerprint density at radius 3 is 1.11 bits per heavy atom. The van der Waals surface area contributed by atoms with Crippen LogP contribution in [0.4, 0.5) is 0 Å². The van der Waals surface area contributed by atoms with E-state index in [0.29, 0.717) is 19.3 Å². The number of esters is 2. The summed E-state index contributed by atoms with van der Waals surface area (Å²) in [6, 6.07) is -0.627. The molecule has 0 heterocycles. The summed E-state index contributed by atoms with van der Waals surface area (Å²) >= 11 is 0. The smallest absolute Gasteiger partial charge is 0.362 e. The molecular weight excluding hydrogens is 871 g/mol. The molecule has 0 saturated heterocycles. The standard InChI is InChI=1S/C62H101NO7/c1-6-8-10-12-14-16-18-20-22-24-26-28-30-32-34-36-38-40-42-44-46-48-50-52-60(64)69-57-58(56-68-55-54-59(62(66)67)63(3,4)5)70-61(65)53-51-49-47-45-43-41-39-37-35-33-31-29-27-25-23-21-19-17-15-13-11-9-7-2/h8-11,14-17,20-23,26-29,32-35,58-59H,6-7,12-13,18-19,24-25,30-31,36-57H2,1-5H3/p+1/b10-8+,11-9+,16-14+,17-15+,22-20+,23-21+,28-26+,29-27+,34-32+,35-33+. The van der Waals surface area contributed by atoms with Crippen LogP contribution in [-0.2, 0) is 28.6 Å². The van der Waals surface area contributed by atoms with Crippen molar-refractivity contribution in [3.05, 3.63) is 122 Å². The summed E-state index contributed by atoms with van der Waals surface area (Å²) in [5.41, 5.74) is 0. The van der Waals surface area contributed by atoms with Crippen molar-refractivity contribution in [2.24, 2.45) is 0 Å². The number of carbonyl (C=O) groups excluding carboxylic acids is 2. The van der Waals surface area contributed by atoms with Gasteiger partial charge in [-0.05, 0) is 103 Å². The van der Waals surface area contributed by atoms with Gasteiger partial charge in [0.2, 0.25) is 0 Å². The SMILES string of the molecule is CC/C=C/C/C=C/C/C=C/C/C=C/C/C=C/CCCCCCCCCC(=O)OCC(COCCC(C(=O)O)[N+](C)(C)C)OC(=O)CCCCCCCCC/C=C/C/C=C/C/C=C/C/C=C/C/C=C/CC. The van der Waals surface area contributed by atoms with Gasteiger partial charge < -0.3 is 23.8 Å². The summed E-state index contributed by atoms with van der Waals surface area (Å²) in [5.74, 6) is -1.51. The highest BCUT2D eigenvalue weighted by atomic mass is 16.6. The fourth-order valence-electron chi connectivity index (χ4n) is 7.44. The third-order valence-corrected chi connectivity index (χ3v) is 11.6. The van der Waals surface area contributed by atoms with Crippen molar-refractivity contribution in [1.29, 1.82) is 0 Å². The van der Waals surface area contributed by atoms with E-state index in [1.807, 2.05) is 21.1 Å². The predicted molar refractivity (Wildman–Crippen MR) is 298 cm³/mol. The van der Waals surface area contributed by atoms with Crippen molar-refractivity contribution in [3.8, 4) is 0 Å². The van der Waals surface area contributed by atoms with Gasteiger partial charge in [-0.25, -0.2) is 4.79 Å². The minimum Gasteiger partial charge on any atom is -0.477 e. The van der Waals surface area contributed by atoms with Crippen molar-refractivity contribution >= 4 is 17.9 Å². The summed E-state index contributed by atoms with van der Waals surface area (Å²) in [6.07, 6.45) is 72.5. The molecule has 8 heteroatoms. The molecule has 0 aromatic carbocycles. The third-order valence-electron chi connectivity index (χ3n) is 11.6. The van der Waals surface area contributed by atoms with Crippen LogP contribution in [0.1, 0.15) is 200 Å². The number of aliphatic carboxylic acids is 1. The Morgan fingerprint density at radius 1 is 0.429 bits per heavy atom. The molecule has 70 heavy (non-hydrogen) atoms. The molecule has 8 nitrogen and oxygen atoms in total. The number of unbranched alkanes of at least 4 members (excludes halogenated alkanes) is 14. The van der Waals surface area contributed by atoms with Crippen molar-refractivity contribution in [2.45, 2.75) is 212 Å². The summed E-state index contributed by atoms with van der Waals surface area (Å²) < 4.78 is 17.4. The van der Waals surface area contributed by atoms with Crippen molar-refractivity contribution in [2.75, 3.05) is 41.0 Å². The Labute approximate surface area is 429 Å². The molecular formula is C62H102NO7+. The lowest BCUT2D eigenvalue weighted by Gasteiger charge is -2.31. The number of allylic oxidation sites excluding steroid dienone is 20. The van der Waals surface area contributed by atoms with Gasteiger partial charge in [0.25, 0.3) is 0 Å². The fourth-order valence-corrected chi connectivity index (χ4v) is 7.44. The van der Waals surface area contributed by atoms with E-state index < -0.39 is 18.1 Å². The van der Waals surface area contributed by atoms with Gasteiger partial charge in [0.05, 0.1) is 34.4 Å². The van der Waals surface area contributed by atoms with E-state index in [0.717, 1.165) is 122 Å². The van der Waals surface area contributed by atoms with Gasteiger partial charge in [0.1, 0.15) is 6.61 Å². The Kier molecular flexibility index (Phi) is 48.0. The van der Waals surface area contributed by atoms with Crippen LogP contribution in [0.25, 0.3) is 0 Å². The number of nitrogens with zero attached hydrogens (tertiary/aromatic N) is 1. The van der Waals surface area contributed by atoms with Gasteiger partial charge >= 0.3 is 17.9 Å². The van der Waals surface area contributed by atoms with Crippen LogP contribution in [0, 0.1) is 0 Å². The lowest BCUT2D eigenvalue weighted by atomic mass is 10.1. The molecule has 396 valence electrons. The number of ether oxygens (including phenoxy) is 3. The number of carboxylic acids is 1. The van der Waals surface area contributed by atoms with E-state index in [9.17, 15) is 19.5 Å². The molecule has 0 radical (unpaired) electrons. The highest BCUT2D eigenvalue weighted by Crippen LogP contribution is 2.14. The first kappa shape index (κ1) is 65.7. The molecule has 0 spiro atoms. The van der Waals surface area contributed by atoms with Crippen LogP contribution in [0.5, 0.6) is 0 Å². The maximum absolute atomic E-state index is 12.8. The van der Waals surface area contributed by atoms with Crippen LogP contribution in [0.15, 0.2) is 122 Å². The predicted octanol–water partition coefficient (Wildman–Crippen LogP) is 16.5. The zero-order valence-corrected chi connectivity index (χ0v) is 45.2. The van der Waals surface area contributed by atoms with Crippen LogP contribution < -0.4 is 0 Å². The second kappa shape index (κ2) is 51.1. The van der Waals surface area contributed by atoms with Crippen LogP contribution in [0.2, 0.25) is 0 Å². The van der Waals surface area contributed by atoms with E-state index in [1.54, 1.807) is 0 Å². The molecule has 0 rings (SSSR count). The van der Waals surface area contributed by atoms with Gasteiger partial charge in [0, 0.05) is 19.3 Å². The van der Waals surface area contributed by atoms with E-state index in [1.165, 1.54) is 44.9 Å². The monoisotopic (exact) mass is 973 g/mol. The molecule has 0 fully saturated rings. The number of carbonyl (C=O) groups is 3. The second-order valence-electron chi connectivity index (χ2n) is 19.1. The molecule has 0 aromatic heterocycles. The molecule has 1 N–H and O–H groups in total. The highest BCUT2D eigenvalue weighted by Gasteiger charge is 2.31. The van der Waals surface area contributed by atoms with Crippen molar-refractivity contribution in [1.82, 2.24) is 0 Å². The van der Waals surface area contributed by atoms with Gasteiger partial charge in [0.15, 0.2) is 12.1 Å². The molecule has 2 unspecified atom stereocenters. The van der Waals surface area contributed by atoms with Crippen LogP contribution in [-0.4, -0.2) is 80.6 Å². The zero-order valence-electron chi connectivity index (χ0n) is 45.2. The zero-order chi connectivity index (χ0) is 51.3. The molecule has 0 aliphatic carbocycles. The average molecular weight is 973 g/mol. The molecule has 0 saturated carbocycles. The molecule has 0 amide bonds. The van der Waals surface area contributed by atoms with Gasteiger partial charge in [-0.15, -0.1) is 0 Å². The lowest BCUT2D eigenvalue weighted by molar-refractivity contribution is -0.887. The lowest BCUT2D eigenvalue weighted by Crippen LogP contribution is -2.50. The van der Waals surface area contributed by atoms with Crippen LogP contribution in [0.3, 0.4) is 0 Å². The van der Waals surface area contributed by atoms with Gasteiger partial charge in [-0.2, -0.15) is 0 Å². The number of carboxylic acid groups (broad SMARTS) is 1. The normalized spacial score (nSPS) is 13.8. The Balaban J connectivity index is 4.28. The van der Waals surface area contributed by atoms with E-state index in [4.69, 9.17) is 14.2 Å². The fraction of sp³-hybridized carbons (Fsp3) is 0.629. The average Bonchev–Trinajstić information content (AvgIpc) is 3.33. The van der Waals surface area contributed by atoms with Crippen molar-refractivity contribution < 1.29 is 38.2 Å². The highest BCUT2D eigenvalue weighted by molar-refractivity contribution is 5.72. The van der Waals surface area contributed by atoms with E-state index in [2.05, 4.69) is 135 Å². The number of hydrogen-bond acceptors (Lipinski definition) is 6. The van der Waals surface area contributed by atoms with E-state index in [-0.39, 0.29) is 36.2 Å². The number of likely N-dealkylation sites (N-methyl/N-ethyl adjacent to an activating group) is 1. The first-order valence-electron chi connectivity index (χ1n) is 27.6. The Morgan fingerprint density at radius 2 is 0.757 bits per heavy atom. The molecule has 2 atom stereocenters. The largest absolute Gasteiger partial charge is 0.477 e. The summed E-state index contributed by atoms with van der Waals surface area (Å²) in [5, 5.41) is 9.68. The van der Waals surface area contributed by atoms with Crippen LogP contribution >= 0.6 is 0 Å². The second-order valence-corrected chi connectivity index (χ2v) is 19.1. The van der Waals surface area contributed by atoms with E-state index >= 15 is 0 Å². The van der Waals surface area contributed by atoms with Gasteiger partial charge in [-0.1, -0.05) is 200 Å². The summed E-state index contributed by atoms with van der Waals surface area (Å²) in [7, 11) is 5.52. The molecule has 0 aliphatic rings. The summed E-state index contributed by atoms with van der Waals surface area (Å²) in [6.45, 7) is 4.48. The first-order valence-corrected chi connectivity index (χ1v) is 27.6. The number of hydrogen-bond donors (Lipinski definition) is 1. The maximum Gasteiger partial charge on any atom is 0.362 e. The molecule has 0 aliphatic heterocycles. The maximum atomic E-state index is 12.8. The Bertz CT molecular complexity index is 1550. The minimum atomic E-state index is -0.883. The summed E-state index contributed by atoms with van der Waals surface area (Å²) in [4.78, 5) is 37.3. The first-order chi connectivity index (χ1) is 34.1. The third kappa shape index (κ3) is 48.7.